The molecule has 1 atom stereocenters. The van der Waals surface area contributed by atoms with Crippen LogP contribution in [-0.2, 0) is 10.9 Å². The Balaban J connectivity index is 2.29. The molecule has 0 spiro atoms. The van der Waals surface area contributed by atoms with Gasteiger partial charge in [-0.2, -0.15) is 18.2 Å². The van der Waals surface area contributed by atoms with Gasteiger partial charge in [0.25, 0.3) is 0 Å². The summed E-state index contributed by atoms with van der Waals surface area (Å²) in [6.45, 7) is 2.82. The molecule has 1 fully saturated rings. The smallest absolute Gasteiger partial charge is 0.379 e. The molecule has 0 radical (unpaired) electrons. The number of hydrazine groups is 1. The maximum absolute atomic E-state index is 12.7. The third-order valence-corrected chi connectivity index (χ3v) is 2.79. The summed E-state index contributed by atoms with van der Waals surface area (Å²) in [5, 5.41) is 2.93. The van der Waals surface area contributed by atoms with Crippen molar-refractivity contribution in [2.45, 2.75) is 25.1 Å². The normalized spacial score (nSPS) is 23.4. The second-order valence-corrected chi connectivity index (χ2v) is 4.59. The fourth-order valence-corrected chi connectivity index (χ4v) is 1.80. The molecule has 0 bridgehead atoms. The summed E-state index contributed by atoms with van der Waals surface area (Å²) in [5.41, 5.74) is 0.527. The minimum Gasteiger partial charge on any atom is -0.379 e. The number of nitrogens with two attached hydrogens (primary N) is 1. The molecule has 0 amide bonds. The molecule has 2 heterocycles. The number of halogens is 3. The minimum atomic E-state index is -4.56. The lowest BCUT2D eigenvalue weighted by Gasteiger charge is -2.24. The zero-order chi connectivity index (χ0) is 14.1. The average molecular weight is 277 g/mol. The summed E-state index contributed by atoms with van der Waals surface area (Å²) in [7, 11) is 0. The van der Waals surface area contributed by atoms with Crippen molar-refractivity contribution in [3.8, 4) is 0 Å². The standard InChI is InChI=1S/C10H14F3N5O/c1-9(2-3-19-5-9)17-7-4-6(10(11,12)13)15-8(16-7)18-14/h4H,2-3,5,14H2,1H3,(H2,15,16,17,18). The van der Waals surface area contributed by atoms with E-state index < -0.39 is 17.4 Å². The van der Waals surface area contributed by atoms with E-state index in [0.29, 0.717) is 19.6 Å². The van der Waals surface area contributed by atoms with Crippen LogP contribution in [0.4, 0.5) is 24.9 Å². The Morgan fingerprint density at radius 2 is 2.16 bits per heavy atom. The molecule has 0 aromatic carbocycles. The van der Waals surface area contributed by atoms with E-state index in [4.69, 9.17) is 10.6 Å². The summed E-state index contributed by atoms with van der Waals surface area (Å²) >= 11 is 0. The Labute approximate surface area is 107 Å². The van der Waals surface area contributed by atoms with Gasteiger partial charge in [-0.3, -0.25) is 5.43 Å². The van der Waals surface area contributed by atoms with Crippen molar-refractivity contribution in [3.05, 3.63) is 11.8 Å². The first kappa shape index (κ1) is 13.8. The number of nitrogens with one attached hydrogen (secondary N) is 2. The second-order valence-electron chi connectivity index (χ2n) is 4.59. The number of nitrogen functional groups attached to an aromatic ring is 1. The van der Waals surface area contributed by atoms with Crippen molar-refractivity contribution < 1.29 is 17.9 Å². The van der Waals surface area contributed by atoms with Crippen LogP contribution in [0.5, 0.6) is 0 Å². The van der Waals surface area contributed by atoms with Gasteiger partial charge in [-0.25, -0.2) is 10.8 Å². The Hall–Kier alpha value is -1.61. The molecule has 1 aliphatic heterocycles. The Kier molecular flexibility index (Phi) is 3.50. The van der Waals surface area contributed by atoms with Crippen LogP contribution in [-0.4, -0.2) is 28.7 Å². The van der Waals surface area contributed by atoms with Crippen molar-refractivity contribution in [3.63, 3.8) is 0 Å². The van der Waals surface area contributed by atoms with Gasteiger partial charge >= 0.3 is 6.18 Å². The zero-order valence-corrected chi connectivity index (χ0v) is 10.2. The monoisotopic (exact) mass is 277 g/mol. The number of aromatic nitrogens is 2. The molecule has 106 valence electrons. The molecule has 4 N–H and O–H groups in total. The summed E-state index contributed by atoms with van der Waals surface area (Å²) in [6.07, 6.45) is -3.87. The van der Waals surface area contributed by atoms with E-state index in [1.54, 1.807) is 0 Å². The first-order valence-corrected chi connectivity index (χ1v) is 5.61. The van der Waals surface area contributed by atoms with E-state index in [1.807, 2.05) is 12.3 Å². The number of alkyl halides is 3. The van der Waals surface area contributed by atoms with E-state index >= 15 is 0 Å². The molecule has 9 heteroatoms. The van der Waals surface area contributed by atoms with E-state index in [2.05, 4.69) is 15.3 Å². The number of rotatable bonds is 3. The number of nitrogens with zero attached hydrogens (tertiary/aromatic N) is 2. The SMILES string of the molecule is CC1(Nc2cc(C(F)(F)F)nc(NN)n2)CCOC1. The molecule has 1 aromatic rings. The van der Waals surface area contributed by atoms with Crippen LogP contribution in [0.3, 0.4) is 0 Å². The van der Waals surface area contributed by atoms with Crippen LogP contribution in [0, 0.1) is 0 Å². The topological polar surface area (TPSA) is 85.1 Å². The molecule has 1 aliphatic rings. The van der Waals surface area contributed by atoms with E-state index in [1.165, 1.54) is 0 Å². The lowest BCUT2D eigenvalue weighted by molar-refractivity contribution is -0.141. The number of hydrogen-bond donors (Lipinski definition) is 3. The van der Waals surface area contributed by atoms with Gasteiger partial charge in [0.1, 0.15) is 5.82 Å². The maximum atomic E-state index is 12.7. The van der Waals surface area contributed by atoms with Gasteiger partial charge in [-0.1, -0.05) is 0 Å². The Bertz CT molecular complexity index is 459. The molecule has 1 saturated heterocycles. The quantitative estimate of drug-likeness (QED) is 0.571. The van der Waals surface area contributed by atoms with E-state index in [-0.39, 0.29) is 11.8 Å². The zero-order valence-electron chi connectivity index (χ0n) is 10.2. The molecule has 1 unspecified atom stereocenters. The van der Waals surface area contributed by atoms with Gasteiger partial charge in [0.15, 0.2) is 5.69 Å². The Morgan fingerprint density at radius 3 is 2.68 bits per heavy atom. The fourth-order valence-electron chi connectivity index (χ4n) is 1.80. The van der Waals surface area contributed by atoms with Crippen molar-refractivity contribution in [1.82, 2.24) is 9.97 Å². The number of hydrogen-bond acceptors (Lipinski definition) is 6. The van der Waals surface area contributed by atoms with Crippen LogP contribution >= 0.6 is 0 Å². The highest BCUT2D eigenvalue weighted by Gasteiger charge is 2.35. The fraction of sp³-hybridized carbons (Fsp3) is 0.600. The largest absolute Gasteiger partial charge is 0.433 e. The van der Waals surface area contributed by atoms with Crippen LogP contribution < -0.4 is 16.6 Å². The highest BCUT2D eigenvalue weighted by molar-refractivity contribution is 5.44. The van der Waals surface area contributed by atoms with Crippen LogP contribution in [0.25, 0.3) is 0 Å². The van der Waals surface area contributed by atoms with Gasteiger partial charge in [-0.05, 0) is 13.3 Å². The third-order valence-electron chi connectivity index (χ3n) is 2.79. The highest BCUT2D eigenvalue weighted by Crippen LogP contribution is 2.31. The van der Waals surface area contributed by atoms with Crippen LogP contribution in [0.2, 0.25) is 0 Å². The first-order valence-electron chi connectivity index (χ1n) is 5.61. The van der Waals surface area contributed by atoms with Crippen molar-refractivity contribution in [2.75, 3.05) is 24.0 Å². The maximum Gasteiger partial charge on any atom is 0.433 e. The van der Waals surface area contributed by atoms with Crippen molar-refractivity contribution in [1.29, 1.82) is 0 Å². The van der Waals surface area contributed by atoms with Crippen LogP contribution in [0.1, 0.15) is 19.0 Å². The van der Waals surface area contributed by atoms with Gasteiger partial charge < -0.3 is 10.1 Å². The molecule has 2 rings (SSSR count). The van der Waals surface area contributed by atoms with Crippen molar-refractivity contribution in [2.24, 2.45) is 5.84 Å². The first-order chi connectivity index (χ1) is 8.82. The van der Waals surface area contributed by atoms with E-state index in [0.717, 1.165) is 6.07 Å². The van der Waals surface area contributed by atoms with Gasteiger partial charge in [-0.15, -0.1) is 0 Å². The van der Waals surface area contributed by atoms with Crippen molar-refractivity contribution >= 4 is 11.8 Å². The molecular weight excluding hydrogens is 263 g/mol. The van der Waals surface area contributed by atoms with E-state index in [9.17, 15) is 13.2 Å². The molecule has 1 aromatic heterocycles. The Morgan fingerprint density at radius 1 is 1.42 bits per heavy atom. The molecule has 6 nitrogen and oxygen atoms in total. The molecule has 0 aliphatic carbocycles. The lowest BCUT2D eigenvalue weighted by Crippen LogP contribution is -2.35. The predicted molar refractivity (Wildman–Crippen MR) is 62.3 cm³/mol. The number of ether oxygens (including phenoxy) is 1. The molecular formula is C10H14F3N5O. The van der Waals surface area contributed by atoms with Gasteiger partial charge in [0.05, 0.1) is 12.1 Å². The van der Waals surface area contributed by atoms with Gasteiger partial charge in [0, 0.05) is 12.7 Å². The summed E-state index contributed by atoms with van der Waals surface area (Å²) in [4.78, 5) is 7.14. The predicted octanol–water partition coefficient (Wildman–Crippen LogP) is 1.37. The summed E-state index contributed by atoms with van der Waals surface area (Å²) in [6, 6.07) is 0.852. The summed E-state index contributed by atoms with van der Waals surface area (Å²) < 4.78 is 43.3. The third kappa shape index (κ3) is 3.24. The minimum absolute atomic E-state index is 0.0586. The summed E-state index contributed by atoms with van der Waals surface area (Å²) in [5.74, 6) is 4.84. The molecule has 0 saturated carbocycles. The lowest BCUT2D eigenvalue weighted by atomic mass is 10.0. The number of anilines is 2. The van der Waals surface area contributed by atoms with Gasteiger partial charge in [0.2, 0.25) is 5.95 Å². The van der Waals surface area contributed by atoms with Crippen LogP contribution in [0.15, 0.2) is 6.07 Å². The molecule has 19 heavy (non-hydrogen) atoms. The highest BCUT2D eigenvalue weighted by atomic mass is 19.4. The second kappa shape index (κ2) is 4.82. The average Bonchev–Trinajstić information content (AvgIpc) is 2.74.